The molecule has 0 spiro atoms. The largest absolute Gasteiger partial charge is 0.335 e. The SMILES string of the molecule is CC(C)(C)C1CCC(C(=O)N(CCN)CC(F)F)CC1. The summed E-state index contributed by atoms with van der Waals surface area (Å²) in [6, 6.07) is 0. The number of carbonyl (C=O) groups excluding carboxylic acids is 1. The van der Waals surface area contributed by atoms with Crippen molar-refractivity contribution in [3.8, 4) is 0 Å². The highest BCUT2D eigenvalue weighted by atomic mass is 19.3. The molecule has 20 heavy (non-hydrogen) atoms. The maximum atomic E-state index is 12.5. The molecule has 0 heterocycles. The van der Waals surface area contributed by atoms with E-state index >= 15 is 0 Å². The van der Waals surface area contributed by atoms with Crippen LogP contribution in [0.4, 0.5) is 8.78 Å². The van der Waals surface area contributed by atoms with Crippen LogP contribution in [0.3, 0.4) is 0 Å². The van der Waals surface area contributed by atoms with Crippen LogP contribution in [0.2, 0.25) is 0 Å². The van der Waals surface area contributed by atoms with Crippen LogP contribution in [0.1, 0.15) is 46.5 Å². The van der Waals surface area contributed by atoms with Gasteiger partial charge in [0.1, 0.15) is 0 Å². The summed E-state index contributed by atoms with van der Waals surface area (Å²) in [5.74, 6) is 0.381. The molecule has 0 aromatic heterocycles. The zero-order chi connectivity index (χ0) is 15.3. The van der Waals surface area contributed by atoms with Gasteiger partial charge < -0.3 is 10.6 Å². The molecule has 1 saturated carbocycles. The van der Waals surface area contributed by atoms with Crippen molar-refractivity contribution in [1.29, 1.82) is 0 Å². The number of nitrogens with two attached hydrogens (primary N) is 1. The Kier molecular flexibility index (Phi) is 6.37. The van der Waals surface area contributed by atoms with Crippen LogP contribution < -0.4 is 5.73 Å². The molecule has 1 fully saturated rings. The number of rotatable bonds is 5. The minimum atomic E-state index is -2.49. The first-order chi connectivity index (χ1) is 9.25. The number of halogens is 2. The van der Waals surface area contributed by atoms with E-state index in [0.717, 1.165) is 25.7 Å². The molecule has 1 aliphatic rings. The highest BCUT2D eigenvalue weighted by molar-refractivity contribution is 5.79. The van der Waals surface area contributed by atoms with Crippen molar-refractivity contribution in [2.45, 2.75) is 52.9 Å². The highest BCUT2D eigenvalue weighted by Gasteiger charge is 2.34. The fourth-order valence-corrected chi connectivity index (χ4v) is 3.08. The molecule has 1 rings (SSSR count). The summed E-state index contributed by atoms with van der Waals surface area (Å²) < 4.78 is 25.0. The molecular weight excluding hydrogens is 262 g/mol. The van der Waals surface area contributed by atoms with E-state index in [1.54, 1.807) is 0 Å². The number of nitrogens with zero attached hydrogens (tertiary/aromatic N) is 1. The molecule has 5 heteroatoms. The standard InChI is InChI=1S/C15H28F2N2O/c1-15(2,3)12-6-4-11(5-7-12)14(20)19(9-8-18)10-13(16)17/h11-13H,4-10,18H2,1-3H3. The molecule has 0 bridgehead atoms. The van der Waals surface area contributed by atoms with Gasteiger partial charge in [0, 0.05) is 19.0 Å². The third-order valence-electron chi connectivity index (χ3n) is 4.37. The number of hydrogen-bond donors (Lipinski definition) is 1. The molecule has 0 saturated heterocycles. The summed E-state index contributed by atoms with van der Waals surface area (Å²) in [6.07, 6.45) is 1.14. The van der Waals surface area contributed by atoms with Gasteiger partial charge in [-0.25, -0.2) is 8.78 Å². The first kappa shape index (κ1) is 17.3. The molecule has 2 N–H and O–H groups in total. The van der Waals surface area contributed by atoms with Crippen molar-refractivity contribution in [2.75, 3.05) is 19.6 Å². The Morgan fingerprint density at radius 1 is 1.25 bits per heavy atom. The van der Waals surface area contributed by atoms with Crippen molar-refractivity contribution in [3.63, 3.8) is 0 Å². The van der Waals surface area contributed by atoms with Crippen molar-refractivity contribution in [1.82, 2.24) is 4.90 Å². The van der Waals surface area contributed by atoms with Crippen molar-refractivity contribution < 1.29 is 13.6 Å². The molecule has 0 aliphatic heterocycles. The lowest BCUT2D eigenvalue weighted by molar-refractivity contribution is -0.139. The van der Waals surface area contributed by atoms with Crippen molar-refractivity contribution in [2.24, 2.45) is 23.0 Å². The van der Waals surface area contributed by atoms with Gasteiger partial charge in [-0.2, -0.15) is 0 Å². The molecule has 0 aromatic rings. The summed E-state index contributed by atoms with van der Waals surface area (Å²) in [6.45, 7) is 6.62. The van der Waals surface area contributed by atoms with Crippen LogP contribution >= 0.6 is 0 Å². The van der Waals surface area contributed by atoms with E-state index in [-0.39, 0.29) is 30.3 Å². The van der Waals surface area contributed by atoms with E-state index in [1.165, 1.54) is 4.90 Å². The summed E-state index contributed by atoms with van der Waals surface area (Å²) in [4.78, 5) is 13.6. The van der Waals surface area contributed by atoms with Crippen LogP contribution in [0.25, 0.3) is 0 Å². The minimum Gasteiger partial charge on any atom is -0.335 e. The molecule has 1 aliphatic carbocycles. The average molecular weight is 290 g/mol. The first-order valence-corrected chi connectivity index (χ1v) is 7.52. The number of carbonyl (C=O) groups is 1. The Labute approximate surface area is 120 Å². The van der Waals surface area contributed by atoms with Gasteiger partial charge in [-0.1, -0.05) is 20.8 Å². The summed E-state index contributed by atoms with van der Waals surface area (Å²) in [7, 11) is 0. The monoisotopic (exact) mass is 290 g/mol. The maximum absolute atomic E-state index is 12.5. The van der Waals surface area contributed by atoms with Crippen molar-refractivity contribution >= 4 is 5.91 Å². The Morgan fingerprint density at radius 2 is 1.80 bits per heavy atom. The first-order valence-electron chi connectivity index (χ1n) is 7.52. The Bertz CT molecular complexity index is 307. The Balaban J connectivity index is 2.55. The van der Waals surface area contributed by atoms with Gasteiger partial charge in [0.05, 0.1) is 6.54 Å². The molecule has 1 amide bonds. The van der Waals surface area contributed by atoms with Gasteiger partial charge in [-0.05, 0) is 37.0 Å². The second kappa shape index (κ2) is 7.34. The van der Waals surface area contributed by atoms with E-state index in [0.29, 0.717) is 5.92 Å². The maximum Gasteiger partial charge on any atom is 0.255 e. The number of alkyl halides is 2. The van der Waals surface area contributed by atoms with Crippen LogP contribution in [0.15, 0.2) is 0 Å². The Hall–Kier alpha value is -0.710. The molecular formula is C15H28F2N2O. The van der Waals surface area contributed by atoms with Gasteiger partial charge in [-0.15, -0.1) is 0 Å². The smallest absolute Gasteiger partial charge is 0.255 e. The van der Waals surface area contributed by atoms with E-state index in [9.17, 15) is 13.6 Å². The van der Waals surface area contributed by atoms with Crippen LogP contribution in [-0.2, 0) is 4.79 Å². The van der Waals surface area contributed by atoms with Gasteiger partial charge in [-0.3, -0.25) is 4.79 Å². The van der Waals surface area contributed by atoms with Crippen LogP contribution in [-0.4, -0.2) is 36.9 Å². The summed E-state index contributed by atoms with van der Waals surface area (Å²) in [5, 5.41) is 0. The lowest BCUT2D eigenvalue weighted by Crippen LogP contribution is -2.43. The lowest BCUT2D eigenvalue weighted by Gasteiger charge is -2.37. The van der Waals surface area contributed by atoms with Crippen molar-refractivity contribution in [3.05, 3.63) is 0 Å². The quantitative estimate of drug-likeness (QED) is 0.846. The van der Waals surface area contributed by atoms with Gasteiger partial charge in [0.2, 0.25) is 5.91 Å². The third kappa shape index (κ3) is 5.00. The van der Waals surface area contributed by atoms with Gasteiger partial charge in [0.15, 0.2) is 0 Å². The van der Waals surface area contributed by atoms with Crippen LogP contribution in [0.5, 0.6) is 0 Å². The second-order valence-corrected chi connectivity index (χ2v) is 6.88. The van der Waals surface area contributed by atoms with E-state index in [2.05, 4.69) is 20.8 Å². The van der Waals surface area contributed by atoms with Gasteiger partial charge in [0.25, 0.3) is 6.43 Å². The molecule has 3 nitrogen and oxygen atoms in total. The highest BCUT2D eigenvalue weighted by Crippen LogP contribution is 2.40. The fourth-order valence-electron chi connectivity index (χ4n) is 3.08. The van der Waals surface area contributed by atoms with E-state index in [1.807, 2.05) is 0 Å². The molecule has 0 unspecified atom stereocenters. The van der Waals surface area contributed by atoms with Gasteiger partial charge >= 0.3 is 0 Å². The fraction of sp³-hybridized carbons (Fsp3) is 0.933. The van der Waals surface area contributed by atoms with E-state index < -0.39 is 13.0 Å². The molecule has 0 aromatic carbocycles. The minimum absolute atomic E-state index is 0.0982. The third-order valence-corrected chi connectivity index (χ3v) is 4.37. The topological polar surface area (TPSA) is 46.3 Å². The molecule has 0 atom stereocenters. The molecule has 0 radical (unpaired) electrons. The normalized spacial score (nSPS) is 23.9. The predicted octanol–water partition coefficient (Wildman–Crippen LogP) is 2.89. The van der Waals surface area contributed by atoms with Crippen LogP contribution in [0, 0.1) is 17.3 Å². The zero-order valence-electron chi connectivity index (χ0n) is 12.9. The van der Waals surface area contributed by atoms with E-state index in [4.69, 9.17) is 5.73 Å². The summed E-state index contributed by atoms with van der Waals surface area (Å²) >= 11 is 0. The second-order valence-electron chi connectivity index (χ2n) is 6.88. The lowest BCUT2D eigenvalue weighted by atomic mass is 9.69. The number of amides is 1. The predicted molar refractivity (Wildman–Crippen MR) is 76.5 cm³/mol. The summed E-state index contributed by atoms with van der Waals surface area (Å²) in [5.41, 5.74) is 5.67. The molecule has 118 valence electrons. The zero-order valence-corrected chi connectivity index (χ0v) is 12.9. The number of hydrogen-bond acceptors (Lipinski definition) is 2. The average Bonchev–Trinajstić information content (AvgIpc) is 2.36. The Morgan fingerprint density at radius 3 is 2.20 bits per heavy atom.